The van der Waals surface area contributed by atoms with Crippen molar-refractivity contribution in [2.75, 3.05) is 6.54 Å². The van der Waals surface area contributed by atoms with Gasteiger partial charge in [0.15, 0.2) is 0 Å². The van der Waals surface area contributed by atoms with Crippen LogP contribution in [-0.4, -0.2) is 17.8 Å². The maximum absolute atomic E-state index is 13.4. The van der Waals surface area contributed by atoms with Crippen LogP contribution in [0.3, 0.4) is 0 Å². The van der Waals surface area contributed by atoms with Crippen molar-refractivity contribution in [3.05, 3.63) is 34.6 Å². The standard InChI is InChI=1S/C13H19ClFNO/c1-9(5-10(2)17)7-16-8-11-3-4-12(14)6-13(11)15/h3-4,6,9-10,16-17H,5,7-8H2,1-2H3/t9-,10-/m0/s1. The van der Waals surface area contributed by atoms with Gasteiger partial charge in [-0.1, -0.05) is 24.6 Å². The predicted molar refractivity (Wildman–Crippen MR) is 68.6 cm³/mol. The number of aliphatic hydroxyl groups excluding tert-OH is 1. The molecule has 2 N–H and O–H groups in total. The molecule has 0 fully saturated rings. The van der Waals surface area contributed by atoms with Gasteiger partial charge >= 0.3 is 0 Å². The highest BCUT2D eigenvalue weighted by Crippen LogP contribution is 2.14. The van der Waals surface area contributed by atoms with Crippen molar-refractivity contribution in [2.45, 2.75) is 32.9 Å². The molecule has 96 valence electrons. The van der Waals surface area contributed by atoms with Crippen LogP contribution in [0.1, 0.15) is 25.8 Å². The van der Waals surface area contributed by atoms with Gasteiger partial charge in [0.05, 0.1) is 6.10 Å². The van der Waals surface area contributed by atoms with Crippen LogP contribution >= 0.6 is 11.6 Å². The monoisotopic (exact) mass is 259 g/mol. The Morgan fingerprint density at radius 2 is 2.12 bits per heavy atom. The molecule has 0 saturated carbocycles. The largest absolute Gasteiger partial charge is 0.393 e. The molecule has 0 aliphatic rings. The molecule has 0 radical (unpaired) electrons. The fourth-order valence-corrected chi connectivity index (χ4v) is 1.94. The molecular formula is C13H19ClFNO. The van der Waals surface area contributed by atoms with Crippen LogP contribution < -0.4 is 5.32 Å². The molecule has 1 aromatic rings. The molecule has 4 heteroatoms. The third-order valence-corrected chi connectivity index (χ3v) is 2.80. The third-order valence-electron chi connectivity index (χ3n) is 2.57. The molecule has 17 heavy (non-hydrogen) atoms. The summed E-state index contributed by atoms with van der Waals surface area (Å²) in [5.74, 6) is 0.0820. The fourth-order valence-electron chi connectivity index (χ4n) is 1.78. The number of hydrogen-bond donors (Lipinski definition) is 2. The number of rotatable bonds is 6. The molecule has 0 aliphatic carbocycles. The maximum Gasteiger partial charge on any atom is 0.129 e. The quantitative estimate of drug-likeness (QED) is 0.823. The Morgan fingerprint density at radius 1 is 1.41 bits per heavy atom. The summed E-state index contributed by atoms with van der Waals surface area (Å²) >= 11 is 5.67. The van der Waals surface area contributed by atoms with Gasteiger partial charge in [-0.25, -0.2) is 4.39 Å². The lowest BCUT2D eigenvalue weighted by Gasteiger charge is -2.14. The lowest BCUT2D eigenvalue weighted by atomic mass is 10.0. The highest BCUT2D eigenvalue weighted by molar-refractivity contribution is 6.30. The fraction of sp³-hybridized carbons (Fsp3) is 0.538. The van der Waals surface area contributed by atoms with E-state index in [4.69, 9.17) is 11.6 Å². The summed E-state index contributed by atoms with van der Waals surface area (Å²) in [6, 6.07) is 4.68. The zero-order valence-corrected chi connectivity index (χ0v) is 11.0. The van der Waals surface area contributed by atoms with Crippen molar-refractivity contribution >= 4 is 11.6 Å². The smallest absolute Gasteiger partial charge is 0.129 e. The van der Waals surface area contributed by atoms with E-state index in [0.717, 1.165) is 13.0 Å². The molecule has 0 heterocycles. The normalized spacial score (nSPS) is 14.6. The molecule has 2 atom stereocenters. The van der Waals surface area contributed by atoms with Crippen molar-refractivity contribution in [3.63, 3.8) is 0 Å². The van der Waals surface area contributed by atoms with Gasteiger partial charge < -0.3 is 10.4 Å². The molecule has 0 saturated heterocycles. The summed E-state index contributed by atoms with van der Waals surface area (Å²) in [5, 5.41) is 12.8. The SMILES string of the molecule is C[C@H](CNCc1ccc(Cl)cc1F)C[C@H](C)O. The van der Waals surface area contributed by atoms with Crippen LogP contribution in [0.4, 0.5) is 4.39 Å². The van der Waals surface area contributed by atoms with E-state index in [0.29, 0.717) is 23.0 Å². The Morgan fingerprint density at radius 3 is 2.71 bits per heavy atom. The molecule has 0 aliphatic heterocycles. The van der Waals surface area contributed by atoms with Crippen molar-refractivity contribution in [1.29, 1.82) is 0 Å². The van der Waals surface area contributed by atoms with Crippen LogP contribution in [0.15, 0.2) is 18.2 Å². The molecule has 0 aromatic heterocycles. The van der Waals surface area contributed by atoms with Crippen LogP contribution in [0.2, 0.25) is 5.02 Å². The molecule has 1 aromatic carbocycles. The molecule has 0 unspecified atom stereocenters. The van der Waals surface area contributed by atoms with E-state index >= 15 is 0 Å². The first-order valence-corrected chi connectivity index (χ1v) is 6.19. The molecule has 0 bridgehead atoms. The topological polar surface area (TPSA) is 32.3 Å². The van der Waals surface area contributed by atoms with Gasteiger partial charge in [0.2, 0.25) is 0 Å². The van der Waals surface area contributed by atoms with Gasteiger partial charge in [0.25, 0.3) is 0 Å². The lowest BCUT2D eigenvalue weighted by molar-refractivity contribution is 0.163. The van der Waals surface area contributed by atoms with E-state index < -0.39 is 0 Å². The predicted octanol–water partition coefficient (Wildman–Crippen LogP) is 2.98. The van der Waals surface area contributed by atoms with Crippen molar-refractivity contribution in [2.24, 2.45) is 5.92 Å². The van der Waals surface area contributed by atoms with E-state index in [1.807, 2.05) is 0 Å². The van der Waals surface area contributed by atoms with Gasteiger partial charge in [-0.05, 0) is 37.9 Å². The van der Waals surface area contributed by atoms with Crippen molar-refractivity contribution < 1.29 is 9.50 Å². The van der Waals surface area contributed by atoms with E-state index in [2.05, 4.69) is 12.2 Å². The molecule has 0 amide bonds. The third kappa shape index (κ3) is 5.48. The van der Waals surface area contributed by atoms with E-state index in [-0.39, 0.29) is 11.9 Å². The highest BCUT2D eigenvalue weighted by atomic mass is 35.5. The Labute approximate surface area is 107 Å². The first kappa shape index (κ1) is 14.4. The maximum atomic E-state index is 13.4. The van der Waals surface area contributed by atoms with Crippen LogP contribution in [0.25, 0.3) is 0 Å². The van der Waals surface area contributed by atoms with E-state index in [1.54, 1.807) is 19.1 Å². The van der Waals surface area contributed by atoms with E-state index in [1.165, 1.54) is 6.07 Å². The first-order valence-electron chi connectivity index (χ1n) is 5.81. The van der Waals surface area contributed by atoms with Gasteiger partial charge in [0.1, 0.15) is 5.82 Å². The van der Waals surface area contributed by atoms with Crippen molar-refractivity contribution in [3.8, 4) is 0 Å². The minimum Gasteiger partial charge on any atom is -0.393 e. The number of nitrogens with one attached hydrogen (secondary N) is 1. The zero-order valence-electron chi connectivity index (χ0n) is 10.2. The molecular weight excluding hydrogens is 241 g/mol. The average Bonchev–Trinajstić information content (AvgIpc) is 2.20. The molecule has 0 spiro atoms. The van der Waals surface area contributed by atoms with Gasteiger partial charge in [-0.2, -0.15) is 0 Å². The second-order valence-corrected chi connectivity index (χ2v) is 4.99. The highest BCUT2D eigenvalue weighted by Gasteiger charge is 2.07. The van der Waals surface area contributed by atoms with Crippen molar-refractivity contribution in [1.82, 2.24) is 5.32 Å². The number of aliphatic hydroxyl groups is 1. The van der Waals surface area contributed by atoms with Crippen LogP contribution in [0, 0.1) is 11.7 Å². The average molecular weight is 260 g/mol. The summed E-state index contributed by atoms with van der Waals surface area (Å²) in [7, 11) is 0. The minimum absolute atomic E-state index is 0.284. The summed E-state index contributed by atoms with van der Waals surface area (Å²) in [6.07, 6.45) is 0.454. The lowest BCUT2D eigenvalue weighted by Crippen LogP contribution is -2.23. The molecule has 2 nitrogen and oxygen atoms in total. The minimum atomic E-state index is -0.293. The van der Waals surface area contributed by atoms with Crippen LogP contribution in [0.5, 0.6) is 0 Å². The Kier molecular flexibility index (Phi) is 5.89. The van der Waals surface area contributed by atoms with Gasteiger partial charge in [-0.3, -0.25) is 0 Å². The molecule has 1 rings (SSSR count). The second-order valence-electron chi connectivity index (χ2n) is 4.56. The number of hydrogen-bond acceptors (Lipinski definition) is 2. The number of benzene rings is 1. The van der Waals surface area contributed by atoms with Crippen LogP contribution in [-0.2, 0) is 6.54 Å². The van der Waals surface area contributed by atoms with Gasteiger partial charge in [0, 0.05) is 17.1 Å². The summed E-state index contributed by atoms with van der Waals surface area (Å²) < 4.78 is 13.4. The Hall–Kier alpha value is -0.640. The Bertz CT molecular complexity index is 357. The first-order chi connectivity index (χ1) is 7.99. The second kappa shape index (κ2) is 6.94. The summed E-state index contributed by atoms with van der Waals surface area (Å²) in [5.41, 5.74) is 0.610. The summed E-state index contributed by atoms with van der Waals surface area (Å²) in [4.78, 5) is 0. The zero-order chi connectivity index (χ0) is 12.8. The van der Waals surface area contributed by atoms with E-state index in [9.17, 15) is 9.50 Å². The summed E-state index contributed by atoms with van der Waals surface area (Å²) in [6.45, 7) is 5.06. The Balaban J connectivity index is 2.35. The van der Waals surface area contributed by atoms with Gasteiger partial charge in [-0.15, -0.1) is 0 Å². The number of halogens is 2.